The summed E-state index contributed by atoms with van der Waals surface area (Å²) in [6.45, 7) is 4.51. The van der Waals surface area contributed by atoms with Gasteiger partial charge in [-0.2, -0.15) is 0 Å². The molecule has 172 valence electrons. The predicted octanol–water partition coefficient (Wildman–Crippen LogP) is 2.64. The third kappa shape index (κ3) is 5.05. The normalized spacial score (nSPS) is 16.2. The largest absolute Gasteiger partial charge is 0.454 e. The number of esters is 1. The van der Waals surface area contributed by atoms with Crippen LogP contribution in [0.1, 0.15) is 44.9 Å². The van der Waals surface area contributed by atoms with Gasteiger partial charge in [-0.15, -0.1) is 0 Å². The first-order chi connectivity index (χ1) is 15.0. The van der Waals surface area contributed by atoms with E-state index in [9.17, 15) is 28.1 Å². The molecule has 1 unspecified atom stereocenters. The lowest BCUT2D eigenvalue weighted by Gasteiger charge is -2.14. The highest BCUT2D eigenvalue weighted by Gasteiger charge is 2.25. The Hall–Kier alpha value is -3.05. The van der Waals surface area contributed by atoms with Gasteiger partial charge in [0.1, 0.15) is 4.90 Å². The van der Waals surface area contributed by atoms with Crippen molar-refractivity contribution in [1.82, 2.24) is 4.57 Å². The number of carbonyl (C=O) groups is 2. The van der Waals surface area contributed by atoms with Crippen molar-refractivity contribution in [2.75, 3.05) is 19.5 Å². The predicted molar refractivity (Wildman–Crippen MR) is 114 cm³/mol. The Morgan fingerprint density at radius 2 is 2.00 bits per heavy atom. The van der Waals surface area contributed by atoms with Gasteiger partial charge in [0.05, 0.1) is 16.6 Å². The summed E-state index contributed by atoms with van der Waals surface area (Å²) in [7, 11) is -3.86. The number of nitro benzene ring substituents is 1. The number of nitro groups is 1. The Labute approximate surface area is 185 Å². The summed E-state index contributed by atoms with van der Waals surface area (Å²) in [5, 5.41) is 11.2. The average molecular weight is 464 g/mol. The van der Waals surface area contributed by atoms with Gasteiger partial charge in [0.25, 0.3) is 5.69 Å². The number of benzene rings is 1. The number of ether oxygens (including phenoxy) is 2. The van der Waals surface area contributed by atoms with Crippen LogP contribution in [0, 0.1) is 24.0 Å². The van der Waals surface area contributed by atoms with Crippen LogP contribution in [-0.2, 0) is 25.9 Å². The summed E-state index contributed by atoms with van der Waals surface area (Å²) >= 11 is 0. The number of nitrogens with zero attached hydrogens (tertiary/aromatic N) is 2. The summed E-state index contributed by atoms with van der Waals surface area (Å²) in [5.41, 5.74) is 1.10. The fraction of sp³-hybridized carbons (Fsp3) is 0.429. The van der Waals surface area contributed by atoms with Crippen molar-refractivity contribution >= 4 is 27.3 Å². The first-order valence-corrected chi connectivity index (χ1v) is 11.9. The second kappa shape index (κ2) is 9.21. The molecule has 0 spiro atoms. The molecule has 1 saturated heterocycles. The minimum atomic E-state index is -3.86. The summed E-state index contributed by atoms with van der Waals surface area (Å²) < 4.78 is 36.1. The van der Waals surface area contributed by atoms with E-state index in [0.29, 0.717) is 12.1 Å². The van der Waals surface area contributed by atoms with E-state index in [4.69, 9.17) is 9.47 Å². The second-order valence-electron chi connectivity index (χ2n) is 7.74. The van der Waals surface area contributed by atoms with Gasteiger partial charge in [-0.3, -0.25) is 14.9 Å². The van der Waals surface area contributed by atoms with Crippen LogP contribution in [0.5, 0.6) is 0 Å². The fourth-order valence-corrected chi connectivity index (χ4v) is 4.58. The molecule has 0 amide bonds. The van der Waals surface area contributed by atoms with Crippen LogP contribution in [0.2, 0.25) is 0 Å². The lowest BCUT2D eigenvalue weighted by Crippen LogP contribution is -2.18. The molecule has 1 fully saturated rings. The summed E-state index contributed by atoms with van der Waals surface area (Å²) in [6, 6.07) is 4.65. The van der Waals surface area contributed by atoms with Crippen LogP contribution in [0.25, 0.3) is 0 Å². The molecule has 1 aliphatic rings. The first kappa shape index (κ1) is 23.6. The number of sulfone groups is 1. The van der Waals surface area contributed by atoms with Crippen LogP contribution in [0.4, 0.5) is 5.69 Å². The SMILES string of the molecule is Cc1cc(C(=O)COC(=O)c2ccc(S(C)(=O)=O)c([N+](=O)[O-])c2)c(C)n1CC1CCCO1. The standard InChI is InChI=1S/C21H24N2O8S/c1-13-9-17(14(2)22(13)11-16-5-4-8-30-16)19(24)12-31-21(25)15-6-7-20(32(3,28)29)18(10-15)23(26)27/h6-7,9-10,16H,4-5,8,11-12H2,1-3H3. The summed E-state index contributed by atoms with van der Waals surface area (Å²) in [4.78, 5) is 34.8. The molecule has 10 nitrogen and oxygen atoms in total. The number of Topliss-reactive ketones (excluding diaryl/α,β-unsaturated/α-hetero) is 1. The van der Waals surface area contributed by atoms with Crippen molar-refractivity contribution in [3.63, 3.8) is 0 Å². The lowest BCUT2D eigenvalue weighted by molar-refractivity contribution is -0.387. The molecule has 0 saturated carbocycles. The number of rotatable bonds is 8. The van der Waals surface area contributed by atoms with E-state index in [0.717, 1.165) is 55.3 Å². The Bertz CT molecular complexity index is 1180. The molecular formula is C21H24N2O8S. The maximum atomic E-state index is 12.7. The van der Waals surface area contributed by atoms with E-state index in [-0.39, 0.29) is 11.7 Å². The van der Waals surface area contributed by atoms with E-state index in [1.165, 1.54) is 0 Å². The van der Waals surface area contributed by atoms with Crippen molar-refractivity contribution in [1.29, 1.82) is 0 Å². The molecule has 0 N–H and O–H groups in total. The highest BCUT2D eigenvalue weighted by Crippen LogP contribution is 2.25. The topological polar surface area (TPSA) is 135 Å². The lowest BCUT2D eigenvalue weighted by atomic mass is 10.1. The minimum absolute atomic E-state index is 0.103. The maximum Gasteiger partial charge on any atom is 0.338 e. The number of aryl methyl sites for hydroxylation is 1. The van der Waals surface area contributed by atoms with E-state index in [1.807, 2.05) is 18.4 Å². The molecular weight excluding hydrogens is 440 g/mol. The molecule has 0 aliphatic carbocycles. The Morgan fingerprint density at radius 3 is 2.59 bits per heavy atom. The average Bonchev–Trinajstić information content (AvgIpc) is 3.34. The zero-order chi connectivity index (χ0) is 23.6. The molecule has 2 heterocycles. The van der Waals surface area contributed by atoms with E-state index in [2.05, 4.69) is 0 Å². The Balaban J connectivity index is 1.72. The Kier molecular flexibility index (Phi) is 6.79. The molecule has 3 rings (SSSR count). The van der Waals surface area contributed by atoms with E-state index < -0.39 is 43.7 Å². The molecule has 1 atom stereocenters. The number of hydrogen-bond donors (Lipinski definition) is 0. The molecule has 11 heteroatoms. The highest BCUT2D eigenvalue weighted by molar-refractivity contribution is 7.90. The molecule has 1 aromatic heterocycles. The number of carbonyl (C=O) groups excluding carboxylic acids is 2. The van der Waals surface area contributed by atoms with Crippen LogP contribution in [-0.4, -0.2) is 55.2 Å². The molecule has 0 radical (unpaired) electrons. The molecule has 1 aromatic carbocycles. The first-order valence-electron chi connectivity index (χ1n) is 9.96. The van der Waals surface area contributed by atoms with Crippen molar-refractivity contribution in [3.8, 4) is 0 Å². The van der Waals surface area contributed by atoms with Crippen LogP contribution < -0.4 is 0 Å². The molecule has 32 heavy (non-hydrogen) atoms. The smallest absolute Gasteiger partial charge is 0.338 e. The van der Waals surface area contributed by atoms with Crippen LogP contribution in [0.15, 0.2) is 29.2 Å². The second-order valence-corrected chi connectivity index (χ2v) is 9.73. The monoisotopic (exact) mass is 464 g/mol. The van der Waals surface area contributed by atoms with E-state index >= 15 is 0 Å². The van der Waals surface area contributed by atoms with Crippen LogP contribution >= 0.6 is 0 Å². The fourth-order valence-electron chi connectivity index (χ4n) is 3.75. The zero-order valence-corrected chi connectivity index (χ0v) is 18.8. The van der Waals surface area contributed by atoms with Gasteiger partial charge in [-0.25, -0.2) is 13.2 Å². The van der Waals surface area contributed by atoms with E-state index in [1.54, 1.807) is 6.07 Å². The van der Waals surface area contributed by atoms with Gasteiger partial charge in [-0.05, 0) is 44.9 Å². The van der Waals surface area contributed by atoms with Gasteiger partial charge in [0.2, 0.25) is 5.78 Å². The molecule has 1 aliphatic heterocycles. The van der Waals surface area contributed by atoms with Gasteiger partial charge in [0.15, 0.2) is 16.4 Å². The molecule has 0 bridgehead atoms. The molecule has 2 aromatic rings. The number of hydrogen-bond acceptors (Lipinski definition) is 8. The van der Waals surface area contributed by atoms with Gasteiger partial charge in [0, 0.05) is 42.4 Å². The highest BCUT2D eigenvalue weighted by atomic mass is 32.2. The maximum absolute atomic E-state index is 12.7. The number of aromatic nitrogens is 1. The Morgan fingerprint density at radius 1 is 1.28 bits per heavy atom. The van der Waals surface area contributed by atoms with Crippen molar-refractivity contribution in [2.45, 2.75) is 44.2 Å². The zero-order valence-electron chi connectivity index (χ0n) is 18.0. The van der Waals surface area contributed by atoms with Gasteiger partial charge < -0.3 is 14.0 Å². The van der Waals surface area contributed by atoms with Gasteiger partial charge >= 0.3 is 5.97 Å². The van der Waals surface area contributed by atoms with Gasteiger partial charge in [-0.1, -0.05) is 0 Å². The minimum Gasteiger partial charge on any atom is -0.454 e. The third-order valence-electron chi connectivity index (χ3n) is 5.41. The van der Waals surface area contributed by atoms with Crippen molar-refractivity contribution in [3.05, 3.63) is 56.9 Å². The third-order valence-corrected chi connectivity index (χ3v) is 6.55. The quantitative estimate of drug-likeness (QED) is 0.252. The summed E-state index contributed by atoms with van der Waals surface area (Å²) in [5.74, 6) is -1.37. The van der Waals surface area contributed by atoms with Crippen LogP contribution in [0.3, 0.4) is 0 Å². The van der Waals surface area contributed by atoms with Crippen molar-refractivity contribution < 1.29 is 32.4 Å². The van der Waals surface area contributed by atoms with Crippen molar-refractivity contribution in [2.24, 2.45) is 0 Å². The summed E-state index contributed by atoms with van der Waals surface area (Å²) in [6.07, 6.45) is 2.91. The number of ketones is 1.